The second-order valence-electron chi connectivity index (χ2n) is 7.58. The van der Waals surface area contributed by atoms with Crippen molar-refractivity contribution in [3.63, 3.8) is 0 Å². The summed E-state index contributed by atoms with van der Waals surface area (Å²) in [6, 6.07) is 6.84. The van der Waals surface area contributed by atoms with Crippen LogP contribution in [-0.2, 0) is 4.74 Å². The molecule has 0 spiro atoms. The number of methoxy groups -OCH3 is 1. The van der Waals surface area contributed by atoms with E-state index in [2.05, 4.69) is 0 Å². The van der Waals surface area contributed by atoms with Crippen LogP contribution in [0.3, 0.4) is 0 Å². The highest BCUT2D eigenvalue weighted by atomic mass is 16.7. The Bertz CT molecular complexity index is 1230. The maximum absolute atomic E-state index is 12.7. The fraction of sp³-hybridized carbons (Fsp3) is 0.318. The Labute approximate surface area is 186 Å². The number of benzene rings is 2. The first kappa shape index (κ1) is 22.7. The van der Waals surface area contributed by atoms with Gasteiger partial charge in [-0.15, -0.1) is 0 Å². The molecular weight excluding hydrogens is 440 g/mol. The molecule has 2 aromatic carbocycles. The minimum atomic E-state index is -1.49. The summed E-state index contributed by atoms with van der Waals surface area (Å²) < 4.78 is 21.5. The summed E-state index contributed by atoms with van der Waals surface area (Å²) in [5, 5.41) is 59.7. The molecule has 11 heteroatoms. The van der Waals surface area contributed by atoms with E-state index in [-0.39, 0.29) is 33.8 Å². The van der Waals surface area contributed by atoms with Crippen LogP contribution >= 0.6 is 0 Å². The predicted molar refractivity (Wildman–Crippen MR) is 112 cm³/mol. The molecule has 1 aliphatic heterocycles. The highest BCUT2D eigenvalue weighted by Crippen LogP contribution is 2.43. The molecule has 5 unspecified atom stereocenters. The van der Waals surface area contributed by atoms with Gasteiger partial charge in [0.1, 0.15) is 35.0 Å². The first-order chi connectivity index (χ1) is 15.6. The zero-order valence-electron chi connectivity index (χ0n) is 17.5. The van der Waals surface area contributed by atoms with Crippen molar-refractivity contribution >= 4 is 11.0 Å². The second-order valence-corrected chi connectivity index (χ2v) is 7.58. The molecule has 0 saturated carbocycles. The molecule has 1 aromatic heterocycles. The van der Waals surface area contributed by atoms with Crippen molar-refractivity contribution in [1.82, 2.24) is 0 Å². The predicted octanol–water partition coefficient (Wildman–Crippen LogP) is 0.792. The molecule has 1 saturated heterocycles. The zero-order valence-corrected chi connectivity index (χ0v) is 17.5. The van der Waals surface area contributed by atoms with Gasteiger partial charge >= 0.3 is 0 Å². The summed E-state index contributed by atoms with van der Waals surface area (Å²) in [5.74, 6) is -2.29. The summed E-state index contributed by atoms with van der Waals surface area (Å²) in [6.45, 7) is 1.52. The zero-order chi connectivity index (χ0) is 24.0. The van der Waals surface area contributed by atoms with E-state index in [4.69, 9.17) is 18.6 Å². The van der Waals surface area contributed by atoms with Crippen LogP contribution in [0.2, 0.25) is 0 Å². The Kier molecular flexibility index (Phi) is 5.80. The molecule has 0 bridgehead atoms. The number of hydrogen-bond acceptors (Lipinski definition) is 11. The number of ether oxygens (including phenoxy) is 3. The molecule has 33 heavy (non-hydrogen) atoms. The monoisotopic (exact) mass is 462 g/mol. The summed E-state index contributed by atoms with van der Waals surface area (Å²) in [5.41, 5.74) is -0.723. The Morgan fingerprint density at radius 1 is 0.939 bits per heavy atom. The van der Waals surface area contributed by atoms with Gasteiger partial charge in [0.25, 0.3) is 0 Å². The lowest BCUT2D eigenvalue weighted by atomic mass is 10.00. The molecule has 0 radical (unpaired) electrons. The van der Waals surface area contributed by atoms with Crippen LogP contribution in [0.5, 0.6) is 28.7 Å². The van der Waals surface area contributed by atoms with Gasteiger partial charge in [0.15, 0.2) is 17.3 Å². The first-order valence-corrected chi connectivity index (χ1v) is 9.89. The van der Waals surface area contributed by atoms with E-state index in [9.17, 15) is 35.4 Å². The quantitative estimate of drug-likeness (QED) is 0.302. The second kappa shape index (κ2) is 8.45. The third kappa shape index (κ3) is 3.80. The van der Waals surface area contributed by atoms with Crippen molar-refractivity contribution < 1.29 is 49.3 Å². The lowest BCUT2D eigenvalue weighted by Gasteiger charge is -2.38. The van der Waals surface area contributed by atoms with Crippen molar-refractivity contribution in [3.05, 3.63) is 40.6 Å². The molecule has 11 nitrogen and oxygen atoms in total. The molecular formula is C22H22O11. The third-order valence-corrected chi connectivity index (χ3v) is 5.45. The summed E-state index contributed by atoms with van der Waals surface area (Å²) >= 11 is 0. The average molecular weight is 462 g/mol. The molecule has 5 atom stereocenters. The lowest BCUT2D eigenvalue weighted by molar-refractivity contribution is -0.268. The number of phenols is 2. The summed E-state index contributed by atoms with van der Waals surface area (Å²) in [7, 11) is 1.18. The van der Waals surface area contributed by atoms with Gasteiger partial charge < -0.3 is 49.3 Å². The van der Waals surface area contributed by atoms with E-state index >= 15 is 0 Å². The number of aromatic hydroxyl groups is 3. The number of rotatable bonds is 4. The van der Waals surface area contributed by atoms with E-state index < -0.39 is 53.4 Å². The van der Waals surface area contributed by atoms with Gasteiger partial charge in [-0.25, -0.2) is 0 Å². The van der Waals surface area contributed by atoms with Crippen LogP contribution in [0, 0.1) is 0 Å². The lowest BCUT2D eigenvalue weighted by Crippen LogP contribution is -2.58. The Balaban J connectivity index is 1.67. The number of phenolic OH excluding ortho intramolecular Hbond substituents is 2. The molecule has 1 fully saturated rings. The van der Waals surface area contributed by atoms with Gasteiger partial charge in [-0.2, -0.15) is 0 Å². The van der Waals surface area contributed by atoms with Gasteiger partial charge in [-0.3, -0.25) is 4.79 Å². The molecule has 176 valence electrons. The van der Waals surface area contributed by atoms with E-state index in [1.807, 2.05) is 0 Å². The Morgan fingerprint density at radius 3 is 2.24 bits per heavy atom. The maximum Gasteiger partial charge on any atom is 0.238 e. The largest absolute Gasteiger partial charge is 0.504 e. The van der Waals surface area contributed by atoms with Crippen LogP contribution in [0.4, 0.5) is 0 Å². The average Bonchev–Trinajstić information content (AvgIpc) is 2.80. The van der Waals surface area contributed by atoms with E-state index in [1.54, 1.807) is 0 Å². The minimum Gasteiger partial charge on any atom is -0.504 e. The third-order valence-electron chi connectivity index (χ3n) is 5.45. The van der Waals surface area contributed by atoms with Gasteiger partial charge in [-0.1, -0.05) is 0 Å². The smallest absolute Gasteiger partial charge is 0.238 e. The van der Waals surface area contributed by atoms with Crippen molar-refractivity contribution in [2.75, 3.05) is 7.11 Å². The van der Waals surface area contributed by atoms with Crippen LogP contribution in [-0.4, -0.2) is 68.5 Å². The maximum atomic E-state index is 12.7. The normalized spacial score (nSPS) is 25.2. The highest BCUT2D eigenvalue weighted by Gasteiger charge is 2.43. The van der Waals surface area contributed by atoms with Crippen LogP contribution in [0.15, 0.2) is 39.5 Å². The Morgan fingerprint density at radius 2 is 1.61 bits per heavy atom. The van der Waals surface area contributed by atoms with Crippen molar-refractivity contribution in [3.8, 4) is 40.1 Å². The standard InChI is InChI=1S/C22H22O11/c1-8-14(24)17(27)19(29)22(31-8)32-10-5-3-9(4-6-10)20-18(28)16(26)13-12(33-20)7-11(23)15(25)21(13)30-2/h3-8,14,17,19,22-25,27-29H,1-2H3. The summed E-state index contributed by atoms with van der Waals surface area (Å²) in [4.78, 5) is 12.7. The van der Waals surface area contributed by atoms with Crippen molar-refractivity contribution in [2.24, 2.45) is 0 Å². The molecule has 1 aliphatic rings. The van der Waals surface area contributed by atoms with E-state index in [1.165, 1.54) is 38.3 Å². The van der Waals surface area contributed by atoms with E-state index in [0.717, 1.165) is 6.07 Å². The van der Waals surface area contributed by atoms with Gasteiger partial charge in [-0.05, 0) is 31.2 Å². The molecule has 2 heterocycles. The Hall–Kier alpha value is -3.51. The molecule has 6 N–H and O–H groups in total. The topological polar surface area (TPSA) is 179 Å². The molecule has 4 rings (SSSR count). The SMILES string of the molecule is COc1c(O)c(O)cc2oc(-c3ccc(OC4OC(C)C(O)C(O)C4O)cc3)c(O)c(=O)c12. The molecule has 0 aliphatic carbocycles. The van der Waals surface area contributed by atoms with Crippen LogP contribution in [0.25, 0.3) is 22.3 Å². The molecule has 0 amide bonds. The van der Waals surface area contributed by atoms with E-state index in [0.29, 0.717) is 0 Å². The summed E-state index contributed by atoms with van der Waals surface area (Å²) in [6.07, 6.45) is -6.21. The van der Waals surface area contributed by atoms with Gasteiger partial charge in [0.05, 0.1) is 13.2 Å². The fourth-order valence-electron chi connectivity index (χ4n) is 3.61. The first-order valence-electron chi connectivity index (χ1n) is 9.89. The number of fused-ring (bicyclic) bond motifs is 1. The molecule has 3 aromatic rings. The highest BCUT2D eigenvalue weighted by molar-refractivity contribution is 5.91. The van der Waals surface area contributed by atoms with Crippen molar-refractivity contribution in [1.29, 1.82) is 0 Å². The fourth-order valence-corrected chi connectivity index (χ4v) is 3.61. The number of aliphatic hydroxyl groups is 3. The van der Waals surface area contributed by atoms with Gasteiger partial charge in [0, 0.05) is 11.6 Å². The van der Waals surface area contributed by atoms with Crippen LogP contribution in [0.1, 0.15) is 6.92 Å². The minimum absolute atomic E-state index is 0.125. The van der Waals surface area contributed by atoms with Crippen molar-refractivity contribution in [2.45, 2.75) is 37.6 Å². The van der Waals surface area contributed by atoms with Gasteiger partial charge in [0.2, 0.25) is 23.2 Å². The number of hydrogen-bond donors (Lipinski definition) is 6. The van der Waals surface area contributed by atoms with Crippen LogP contribution < -0.4 is 14.9 Å². The number of aliphatic hydroxyl groups excluding tert-OH is 3.